The number of hydrogen-bond acceptors (Lipinski definition) is 5. The maximum Gasteiger partial charge on any atom is 0.291 e. The Labute approximate surface area is 164 Å². The average Bonchev–Trinajstić information content (AvgIpc) is 3.24. The SMILES string of the molecule is CN(C)CCCN1C(=O)c2oc3ccc(Br)cc3c(=O)c2C1c1ccco1. The van der Waals surface area contributed by atoms with Crippen molar-refractivity contribution in [2.45, 2.75) is 12.5 Å². The van der Waals surface area contributed by atoms with E-state index in [1.165, 1.54) is 0 Å². The molecule has 0 bridgehead atoms. The first-order chi connectivity index (χ1) is 13.0. The van der Waals surface area contributed by atoms with Crippen LogP contribution in [0.3, 0.4) is 0 Å². The fourth-order valence-electron chi connectivity index (χ4n) is 3.52. The van der Waals surface area contributed by atoms with Crippen molar-refractivity contribution in [3.05, 3.63) is 68.4 Å². The molecular weight excluding hydrogens is 412 g/mol. The van der Waals surface area contributed by atoms with E-state index in [9.17, 15) is 9.59 Å². The van der Waals surface area contributed by atoms with Gasteiger partial charge in [-0.25, -0.2) is 0 Å². The number of furan rings is 1. The first kappa shape index (κ1) is 18.0. The molecule has 3 heterocycles. The zero-order valence-electron chi connectivity index (χ0n) is 15.1. The minimum absolute atomic E-state index is 0.112. The third-order valence-corrected chi connectivity index (χ3v) is 5.24. The monoisotopic (exact) mass is 430 g/mol. The van der Waals surface area contributed by atoms with Crippen LogP contribution in [0.15, 0.2) is 54.7 Å². The Balaban J connectivity index is 1.86. The molecule has 1 aliphatic heterocycles. The molecule has 6 nitrogen and oxygen atoms in total. The topological polar surface area (TPSA) is 66.9 Å². The van der Waals surface area contributed by atoms with Crippen molar-refractivity contribution in [1.82, 2.24) is 9.80 Å². The molecule has 0 aliphatic carbocycles. The van der Waals surface area contributed by atoms with Gasteiger partial charge < -0.3 is 18.6 Å². The number of halogens is 1. The molecular formula is C20H19BrN2O4. The third-order valence-electron chi connectivity index (χ3n) is 4.74. The van der Waals surface area contributed by atoms with E-state index >= 15 is 0 Å². The number of fused-ring (bicyclic) bond motifs is 2. The summed E-state index contributed by atoms with van der Waals surface area (Å²) in [5.74, 6) is 0.404. The molecule has 0 spiro atoms. The van der Waals surface area contributed by atoms with E-state index < -0.39 is 6.04 Å². The van der Waals surface area contributed by atoms with Crippen molar-refractivity contribution in [3.63, 3.8) is 0 Å². The van der Waals surface area contributed by atoms with Gasteiger partial charge in [0, 0.05) is 11.0 Å². The van der Waals surface area contributed by atoms with Gasteiger partial charge in [-0.2, -0.15) is 0 Å². The molecule has 0 N–H and O–H groups in total. The van der Waals surface area contributed by atoms with Crippen LogP contribution in [0.5, 0.6) is 0 Å². The van der Waals surface area contributed by atoms with Gasteiger partial charge in [0.1, 0.15) is 17.4 Å². The summed E-state index contributed by atoms with van der Waals surface area (Å²) >= 11 is 3.39. The second kappa shape index (κ2) is 6.98. The van der Waals surface area contributed by atoms with E-state index in [1.54, 1.807) is 41.5 Å². The zero-order valence-corrected chi connectivity index (χ0v) is 16.7. The van der Waals surface area contributed by atoms with Gasteiger partial charge in [0.05, 0.1) is 17.2 Å². The molecule has 1 aromatic carbocycles. The summed E-state index contributed by atoms with van der Waals surface area (Å²) in [7, 11) is 3.97. The standard InChI is InChI=1S/C20H19BrN2O4/c1-22(2)8-4-9-23-17(15-5-3-10-26-15)16-18(24)13-11-12(21)6-7-14(13)27-19(16)20(23)25/h3,5-7,10-11,17H,4,8-9H2,1-2H3. The van der Waals surface area contributed by atoms with Crippen LogP contribution >= 0.6 is 15.9 Å². The first-order valence-electron chi connectivity index (χ1n) is 8.72. The molecule has 27 heavy (non-hydrogen) atoms. The molecule has 0 saturated heterocycles. The molecule has 3 aromatic rings. The van der Waals surface area contributed by atoms with E-state index in [4.69, 9.17) is 8.83 Å². The van der Waals surface area contributed by atoms with Crippen LogP contribution in [0.25, 0.3) is 11.0 Å². The van der Waals surface area contributed by atoms with Gasteiger partial charge in [-0.1, -0.05) is 15.9 Å². The Morgan fingerprint density at radius 1 is 1.22 bits per heavy atom. The van der Waals surface area contributed by atoms with Crippen molar-refractivity contribution in [1.29, 1.82) is 0 Å². The molecule has 4 rings (SSSR count). The number of carbonyl (C=O) groups is 1. The highest BCUT2D eigenvalue weighted by Crippen LogP contribution is 2.38. The summed E-state index contributed by atoms with van der Waals surface area (Å²) in [6.45, 7) is 1.34. The lowest BCUT2D eigenvalue weighted by Crippen LogP contribution is -2.32. The first-order valence-corrected chi connectivity index (χ1v) is 9.52. The van der Waals surface area contributed by atoms with Crippen LogP contribution in [0.1, 0.15) is 34.3 Å². The third kappa shape index (κ3) is 3.11. The van der Waals surface area contributed by atoms with Gasteiger partial charge in [-0.3, -0.25) is 9.59 Å². The van der Waals surface area contributed by atoms with Gasteiger partial charge in [-0.15, -0.1) is 0 Å². The zero-order chi connectivity index (χ0) is 19.1. The molecule has 1 atom stereocenters. The Kier molecular flexibility index (Phi) is 4.65. The lowest BCUT2D eigenvalue weighted by atomic mass is 10.0. The van der Waals surface area contributed by atoms with Crippen LogP contribution in [0.4, 0.5) is 0 Å². The largest absolute Gasteiger partial charge is 0.467 e. The van der Waals surface area contributed by atoms with Gasteiger partial charge in [0.2, 0.25) is 5.76 Å². The Morgan fingerprint density at radius 2 is 2.04 bits per heavy atom. The normalized spacial score (nSPS) is 16.5. The number of carbonyl (C=O) groups excluding carboxylic acids is 1. The number of benzene rings is 1. The predicted molar refractivity (Wildman–Crippen MR) is 105 cm³/mol. The van der Waals surface area contributed by atoms with Crippen molar-refractivity contribution in [3.8, 4) is 0 Å². The highest BCUT2D eigenvalue weighted by atomic mass is 79.9. The van der Waals surface area contributed by atoms with Gasteiger partial charge >= 0.3 is 0 Å². The second-order valence-corrected chi connectivity index (χ2v) is 7.80. The van der Waals surface area contributed by atoms with Gasteiger partial charge in [-0.05, 0) is 57.4 Å². The maximum atomic E-state index is 13.2. The molecule has 1 aliphatic rings. The Bertz CT molecular complexity index is 1060. The molecule has 0 saturated carbocycles. The summed E-state index contributed by atoms with van der Waals surface area (Å²) < 4.78 is 12.2. The lowest BCUT2D eigenvalue weighted by molar-refractivity contribution is 0.0708. The highest BCUT2D eigenvalue weighted by molar-refractivity contribution is 9.10. The summed E-state index contributed by atoms with van der Waals surface area (Å²) in [4.78, 5) is 30.0. The van der Waals surface area contributed by atoms with E-state index in [-0.39, 0.29) is 17.1 Å². The Morgan fingerprint density at radius 3 is 2.74 bits per heavy atom. The minimum Gasteiger partial charge on any atom is -0.467 e. The molecule has 1 unspecified atom stereocenters. The summed E-state index contributed by atoms with van der Waals surface area (Å²) in [5.41, 5.74) is 0.562. The van der Waals surface area contributed by atoms with Crippen molar-refractivity contribution < 1.29 is 13.6 Å². The number of hydrogen-bond donors (Lipinski definition) is 0. The summed E-state index contributed by atoms with van der Waals surface area (Å²) in [6.07, 6.45) is 2.33. The van der Waals surface area contributed by atoms with Crippen LogP contribution in [0.2, 0.25) is 0 Å². The highest BCUT2D eigenvalue weighted by Gasteiger charge is 2.43. The number of rotatable bonds is 5. The maximum absolute atomic E-state index is 13.2. The van der Waals surface area contributed by atoms with Crippen molar-refractivity contribution >= 4 is 32.8 Å². The van der Waals surface area contributed by atoms with Crippen LogP contribution in [-0.2, 0) is 0 Å². The van der Waals surface area contributed by atoms with E-state index in [0.29, 0.717) is 28.8 Å². The van der Waals surface area contributed by atoms with E-state index in [2.05, 4.69) is 20.8 Å². The van der Waals surface area contributed by atoms with Crippen LogP contribution in [-0.4, -0.2) is 42.9 Å². The molecule has 140 valence electrons. The number of nitrogens with zero attached hydrogens (tertiary/aromatic N) is 2. The summed E-state index contributed by atoms with van der Waals surface area (Å²) in [6, 6.07) is 8.19. The molecule has 7 heteroatoms. The minimum atomic E-state index is -0.565. The molecule has 0 radical (unpaired) electrons. The van der Waals surface area contributed by atoms with Crippen molar-refractivity contribution in [2.24, 2.45) is 0 Å². The van der Waals surface area contributed by atoms with Crippen LogP contribution < -0.4 is 5.43 Å². The van der Waals surface area contributed by atoms with Crippen LogP contribution in [0, 0.1) is 0 Å². The van der Waals surface area contributed by atoms with Gasteiger partial charge in [0.15, 0.2) is 5.43 Å². The quantitative estimate of drug-likeness (QED) is 0.617. The fourth-order valence-corrected chi connectivity index (χ4v) is 3.88. The fraction of sp³-hybridized carbons (Fsp3) is 0.300. The lowest BCUT2D eigenvalue weighted by Gasteiger charge is -2.23. The Hall–Kier alpha value is -2.38. The molecule has 2 aromatic heterocycles. The second-order valence-electron chi connectivity index (χ2n) is 6.89. The average molecular weight is 431 g/mol. The summed E-state index contributed by atoms with van der Waals surface area (Å²) in [5, 5.41) is 0.447. The smallest absolute Gasteiger partial charge is 0.291 e. The van der Waals surface area contributed by atoms with Gasteiger partial charge in [0.25, 0.3) is 5.91 Å². The van der Waals surface area contributed by atoms with E-state index in [1.807, 2.05) is 14.1 Å². The predicted octanol–water partition coefficient (Wildman–Crippen LogP) is 3.65. The van der Waals surface area contributed by atoms with E-state index in [0.717, 1.165) is 17.4 Å². The number of amides is 1. The van der Waals surface area contributed by atoms with Crippen molar-refractivity contribution in [2.75, 3.05) is 27.2 Å². The molecule has 1 amide bonds. The molecule has 0 fully saturated rings.